The summed E-state index contributed by atoms with van der Waals surface area (Å²) in [5.74, 6) is 0.958. The molecule has 0 aliphatic rings. The number of methoxy groups -OCH3 is 1. The van der Waals surface area contributed by atoms with E-state index in [2.05, 4.69) is 25.4 Å². The lowest BCUT2D eigenvalue weighted by atomic mass is 10.2. The molecule has 0 saturated carbocycles. The highest BCUT2D eigenvalue weighted by Crippen LogP contribution is 2.37. The molecule has 5 aromatic rings. The Bertz CT molecular complexity index is 1480. The van der Waals surface area contributed by atoms with Crippen molar-refractivity contribution in [3.8, 4) is 17.2 Å². The predicted molar refractivity (Wildman–Crippen MR) is 125 cm³/mol. The fraction of sp³-hybridized carbons (Fsp3) is 0.130. The zero-order valence-electron chi connectivity index (χ0n) is 17.9. The van der Waals surface area contributed by atoms with Crippen LogP contribution in [0.4, 0.5) is 15.9 Å². The van der Waals surface area contributed by atoms with Crippen LogP contribution in [0.1, 0.15) is 0 Å². The van der Waals surface area contributed by atoms with E-state index in [0.717, 1.165) is 0 Å². The standard InChI is InChI=1S/C23H18ClFN6O3/c1-32-8-9-33-14-2-3-17-16(10-14)23(28-12-26-17)30-18-4-5-19(21(24)22(18)25)34-15-6-7-31-20(11-15)27-13-29-31/h2-7,10-13H,8-9H2,1H3,(H,26,28,30). The zero-order valence-corrected chi connectivity index (χ0v) is 18.7. The molecular formula is C23H18ClFN6O3. The summed E-state index contributed by atoms with van der Waals surface area (Å²) in [6.07, 6.45) is 4.51. The van der Waals surface area contributed by atoms with Crippen molar-refractivity contribution >= 4 is 39.7 Å². The van der Waals surface area contributed by atoms with E-state index >= 15 is 4.39 Å². The molecule has 0 aliphatic carbocycles. The number of rotatable bonds is 8. The van der Waals surface area contributed by atoms with E-state index in [-0.39, 0.29) is 16.5 Å². The number of ether oxygens (including phenoxy) is 3. The molecule has 34 heavy (non-hydrogen) atoms. The fourth-order valence-electron chi connectivity index (χ4n) is 3.29. The van der Waals surface area contributed by atoms with Gasteiger partial charge in [-0.1, -0.05) is 11.6 Å². The number of hydrogen-bond acceptors (Lipinski definition) is 8. The van der Waals surface area contributed by atoms with Gasteiger partial charge in [-0.05, 0) is 36.4 Å². The Kier molecular flexibility index (Phi) is 6.07. The van der Waals surface area contributed by atoms with Gasteiger partial charge in [0.05, 0.1) is 17.8 Å². The van der Waals surface area contributed by atoms with Crippen molar-refractivity contribution < 1.29 is 18.6 Å². The quantitative estimate of drug-likeness (QED) is 0.309. The van der Waals surface area contributed by atoms with Gasteiger partial charge in [0.2, 0.25) is 0 Å². The van der Waals surface area contributed by atoms with Gasteiger partial charge in [0, 0.05) is 24.8 Å². The third-order valence-corrected chi connectivity index (χ3v) is 5.30. The number of anilines is 2. The molecule has 0 amide bonds. The first kappa shape index (κ1) is 21.8. The van der Waals surface area contributed by atoms with Gasteiger partial charge < -0.3 is 19.5 Å². The molecule has 0 unspecified atom stereocenters. The van der Waals surface area contributed by atoms with Crippen molar-refractivity contribution in [1.29, 1.82) is 0 Å². The first-order valence-corrected chi connectivity index (χ1v) is 10.6. The molecule has 2 aromatic carbocycles. The Balaban J connectivity index is 1.41. The maximum atomic E-state index is 15.2. The maximum absolute atomic E-state index is 15.2. The summed E-state index contributed by atoms with van der Waals surface area (Å²) < 4.78 is 33.2. The van der Waals surface area contributed by atoms with Gasteiger partial charge in [-0.15, -0.1) is 0 Å². The van der Waals surface area contributed by atoms with Gasteiger partial charge in [-0.3, -0.25) is 0 Å². The second-order valence-corrected chi connectivity index (χ2v) is 7.51. The van der Waals surface area contributed by atoms with E-state index < -0.39 is 5.82 Å². The Morgan fingerprint density at radius 3 is 2.79 bits per heavy atom. The molecule has 1 N–H and O–H groups in total. The van der Waals surface area contributed by atoms with E-state index in [4.69, 9.17) is 25.8 Å². The second-order valence-electron chi connectivity index (χ2n) is 7.13. The largest absolute Gasteiger partial charge is 0.491 e. The van der Waals surface area contributed by atoms with Crippen LogP contribution in [0, 0.1) is 5.82 Å². The van der Waals surface area contributed by atoms with E-state index in [1.807, 2.05) is 0 Å². The SMILES string of the molecule is COCCOc1ccc2ncnc(Nc3ccc(Oc4ccn5ncnc5c4)c(Cl)c3F)c2c1. The molecule has 172 valence electrons. The van der Waals surface area contributed by atoms with Crippen molar-refractivity contribution in [2.75, 3.05) is 25.6 Å². The number of hydrogen-bond donors (Lipinski definition) is 1. The zero-order chi connectivity index (χ0) is 23.5. The molecule has 0 atom stereocenters. The average Bonchev–Trinajstić information content (AvgIpc) is 3.32. The summed E-state index contributed by atoms with van der Waals surface area (Å²) >= 11 is 6.29. The van der Waals surface area contributed by atoms with Gasteiger partial charge in [0.15, 0.2) is 11.5 Å². The number of nitrogens with one attached hydrogen (secondary N) is 1. The summed E-state index contributed by atoms with van der Waals surface area (Å²) in [7, 11) is 1.60. The molecule has 0 bridgehead atoms. The average molecular weight is 481 g/mol. The molecule has 3 aromatic heterocycles. The Hall–Kier alpha value is -4.02. The molecule has 3 heterocycles. The second kappa shape index (κ2) is 9.46. The van der Waals surface area contributed by atoms with Gasteiger partial charge >= 0.3 is 0 Å². The molecule has 0 spiro atoms. The molecule has 11 heteroatoms. The van der Waals surface area contributed by atoms with Crippen LogP contribution in [0.3, 0.4) is 0 Å². The van der Waals surface area contributed by atoms with Crippen LogP contribution < -0.4 is 14.8 Å². The lowest BCUT2D eigenvalue weighted by Gasteiger charge is -2.13. The lowest BCUT2D eigenvalue weighted by Crippen LogP contribution is -2.04. The molecule has 5 rings (SSSR count). The van der Waals surface area contributed by atoms with Crippen LogP contribution >= 0.6 is 11.6 Å². The fourth-order valence-corrected chi connectivity index (χ4v) is 3.49. The van der Waals surface area contributed by atoms with Crippen LogP contribution in [0.25, 0.3) is 16.6 Å². The summed E-state index contributed by atoms with van der Waals surface area (Å²) in [6, 6.07) is 11.8. The van der Waals surface area contributed by atoms with Crippen LogP contribution in [0.15, 0.2) is 61.3 Å². The third kappa shape index (κ3) is 4.41. The number of benzene rings is 2. The van der Waals surface area contributed by atoms with Crippen molar-refractivity contribution in [2.45, 2.75) is 0 Å². The number of fused-ring (bicyclic) bond motifs is 2. The molecule has 0 fully saturated rings. The molecule has 9 nitrogen and oxygen atoms in total. The minimum Gasteiger partial charge on any atom is -0.491 e. The highest BCUT2D eigenvalue weighted by atomic mass is 35.5. The van der Waals surface area contributed by atoms with Gasteiger partial charge in [0.25, 0.3) is 0 Å². The Morgan fingerprint density at radius 2 is 1.91 bits per heavy atom. The molecule has 0 radical (unpaired) electrons. The predicted octanol–water partition coefficient (Wildman–Crippen LogP) is 5.03. The minimum atomic E-state index is -0.679. The first-order chi connectivity index (χ1) is 16.6. The van der Waals surface area contributed by atoms with Gasteiger partial charge in [0.1, 0.15) is 47.4 Å². The van der Waals surface area contributed by atoms with E-state index in [9.17, 15) is 0 Å². The molecule has 0 aliphatic heterocycles. The highest BCUT2D eigenvalue weighted by Gasteiger charge is 2.16. The van der Waals surface area contributed by atoms with Crippen molar-refractivity contribution in [3.05, 3.63) is 72.2 Å². The number of aromatic nitrogens is 5. The monoisotopic (exact) mass is 480 g/mol. The number of halogens is 2. The summed E-state index contributed by atoms with van der Waals surface area (Å²) in [4.78, 5) is 12.6. The number of nitrogens with zero attached hydrogens (tertiary/aromatic N) is 5. The topological polar surface area (TPSA) is 95.7 Å². The highest BCUT2D eigenvalue weighted by molar-refractivity contribution is 6.32. The van der Waals surface area contributed by atoms with Crippen molar-refractivity contribution in [3.63, 3.8) is 0 Å². The summed E-state index contributed by atoms with van der Waals surface area (Å²) in [6.45, 7) is 0.855. The Morgan fingerprint density at radius 1 is 1.00 bits per heavy atom. The van der Waals surface area contributed by atoms with Crippen molar-refractivity contribution in [1.82, 2.24) is 24.6 Å². The van der Waals surface area contributed by atoms with E-state index in [0.29, 0.717) is 47.1 Å². The summed E-state index contributed by atoms with van der Waals surface area (Å²) in [5, 5.41) is 7.51. The molecule has 0 saturated heterocycles. The molecular weight excluding hydrogens is 463 g/mol. The van der Waals surface area contributed by atoms with E-state index in [1.54, 1.807) is 54.2 Å². The van der Waals surface area contributed by atoms with Gasteiger partial charge in [-0.25, -0.2) is 23.9 Å². The number of pyridine rings is 1. The normalized spacial score (nSPS) is 11.1. The maximum Gasteiger partial charge on any atom is 0.169 e. The smallest absolute Gasteiger partial charge is 0.169 e. The Labute approximate surface area is 198 Å². The van der Waals surface area contributed by atoms with Crippen LogP contribution in [0.2, 0.25) is 5.02 Å². The van der Waals surface area contributed by atoms with Crippen LogP contribution in [0.5, 0.6) is 17.2 Å². The lowest BCUT2D eigenvalue weighted by molar-refractivity contribution is 0.146. The van der Waals surface area contributed by atoms with Gasteiger partial charge in [-0.2, -0.15) is 5.10 Å². The summed E-state index contributed by atoms with van der Waals surface area (Å²) in [5.41, 5.74) is 1.40. The van der Waals surface area contributed by atoms with E-state index in [1.165, 1.54) is 18.7 Å². The third-order valence-electron chi connectivity index (χ3n) is 4.94. The van der Waals surface area contributed by atoms with Crippen LogP contribution in [-0.4, -0.2) is 44.9 Å². The van der Waals surface area contributed by atoms with Crippen molar-refractivity contribution in [2.24, 2.45) is 0 Å². The minimum absolute atomic E-state index is 0.135. The van der Waals surface area contributed by atoms with Crippen LogP contribution in [-0.2, 0) is 4.74 Å². The first-order valence-electron chi connectivity index (χ1n) is 10.2.